The summed E-state index contributed by atoms with van der Waals surface area (Å²) < 4.78 is 4.76. The Hall–Kier alpha value is -7.96. The van der Waals surface area contributed by atoms with Gasteiger partial charge in [-0.15, -0.1) is 0 Å². The second-order valence-corrected chi connectivity index (χ2v) is 14.7. The highest BCUT2D eigenvalue weighted by Gasteiger charge is 2.21. The SMILES string of the molecule is c1ccc(-c2nc(-c3ccccc3)nc(-c3ccc(-c4cccc(-n5c6ccccc6c6ccc7c(c8ccccc8n8c9ccccc9nc78)c65)c4)cc3)n2)cc1. The van der Waals surface area contributed by atoms with Gasteiger partial charge in [-0.2, -0.15) is 0 Å². The van der Waals surface area contributed by atoms with Crippen LogP contribution in [0, 0.1) is 0 Å². The van der Waals surface area contributed by atoms with E-state index in [9.17, 15) is 0 Å². The Balaban J connectivity index is 1.03. The van der Waals surface area contributed by atoms with Gasteiger partial charge in [0.2, 0.25) is 0 Å². The fourth-order valence-corrected chi connectivity index (χ4v) is 8.69. The lowest BCUT2D eigenvalue weighted by molar-refractivity contribution is 1.07. The molecule has 0 saturated heterocycles. The quantitative estimate of drug-likeness (QED) is 0.165. The number of imidazole rings is 1. The number of hydrogen-bond acceptors (Lipinski definition) is 4. The van der Waals surface area contributed by atoms with E-state index in [1.807, 2.05) is 60.7 Å². The van der Waals surface area contributed by atoms with E-state index in [2.05, 4.69) is 142 Å². The maximum absolute atomic E-state index is 5.22. The molecule has 0 amide bonds. The molecule has 0 bridgehead atoms. The molecule has 0 atom stereocenters. The molecule has 0 radical (unpaired) electrons. The Morgan fingerprint density at radius 2 is 0.862 bits per heavy atom. The van der Waals surface area contributed by atoms with Crippen LogP contribution in [0.3, 0.4) is 0 Å². The molecule has 0 N–H and O–H groups in total. The Morgan fingerprint density at radius 3 is 1.57 bits per heavy atom. The van der Waals surface area contributed by atoms with Crippen LogP contribution in [0.4, 0.5) is 0 Å². The molecule has 12 aromatic rings. The van der Waals surface area contributed by atoms with Gasteiger partial charge in [-0.3, -0.25) is 4.40 Å². The van der Waals surface area contributed by atoms with Crippen molar-refractivity contribution in [3.63, 3.8) is 0 Å². The van der Waals surface area contributed by atoms with E-state index in [4.69, 9.17) is 19.9 Å². The molecule has 0 aliphatic carbocycles. The Bertz CT molecular complexity index is 3490. The normalized spacial score (nSPS) is 11.8. The van der Waals surface area contributed by atoms with Crippen LogP contribution in [0.2, 0.25) is 0 Å². The van der Waals surface area contributed by atoms with Gasteiger partial charge < -0.3 is 4.57 Å². The van der Waals surface area contributed by atoms with Crippen molar-refractivity contribution in [3.8, 4) is 51.0 Å². The van der Waals surface area contributed by atoms with Crippen molar-refractivity contribution in [2.24, 2.45) is 0 Å². The molecule has 4 heterocycles. The van der Waals surface area contributed by atoms with Gasteiger partial charge in [0.1, 0.15) is 5.65 Å². The second kappa shape index (κ2) is 12.8. The molecular weight excluding hydrogens is 709 g/mol. The van der Waals surface area contributed by atoms with Gasteiger partial charge in [-0.05, 0) is 53.6 Å². The van der Waals surface area contributed by atoms with Crippen molar-refractivity contribution in [2.45, 2.75) is 0 Å². The van der Waals surface area contributed by atoms with E-state index in [-0.39, 0.29) is 0 Å². The van der Waals surface area contributed by atoms with Crippen LogP contribution in [0.5, 0.6) is 0 Å². The molecule has 6 heteroatoms. The lowest BCUT2D eigenvalue weighted by atomic mass is 10.0. The van der Waals surface area contributed by atoms with Crippen molar-refractivity contribution in [2.75, 3.05) is 0 Å². The third-order valence-corrected chi connectivity index (χ3v) is 11.3. The van der Waals surface area contributed by atoms with Gasteiger partial charge in [0, 0.05) is 49.3 Å². The topological polar surface area (TPSA) is 60.9 Å². The monoisotopic (exact) mass is 740 g/mol. The first-order valence-corrected chi connectivity index (χ1v) is 19.5. The van der Waals surface area contributed by atoms with Gasteiger partial charge in [-0.25, -0.2) is 19.9 Å². The van der Waals surface area contributed by atoms with Crippen LogP contribution in [0.1, 0.15) is 0 Å². The van der Waals surface area contributed by atoms with Crippen LogP contribution in [0.25, 0.3) is 111 Å². The summed E-state index contributed by atoms with van der Waals surface area (Å²) in [5, 5.41) is 5.95. The van der Waals surface area contributed by atoms with Gasteiger partial charge in [0.25, 0.3) is 0 Å². The Kier molecular flexibility index (Phi) is 7.13. The standard InChI is InChI=1S/C52H32N6/c1-3-14-34(15-4-1)49-54-50(35-16-5-2-6-17-35)56-51(55-49)36-28-26-33(27-29-36)37-18-13-19-38(32-37)57-44-23-10-7-20-39(44)40-30-31-42-47(48(40)57)41-21-8-11-24-45(41)58-46-25-12-9-22-43(46)53-52(42)58/h1-32H. The second-order valence-electron chi connectivity index (χ2n) is 14.7. The van der Waals surface area contributed by atoms with Gasteiger partial charge in [0.05, 0.1) is 27.6 Å². The molecular formula is C52H32N6. The lowest BCUT2D eigenvalue weighted by Gasteiger charge is -2.14. The average Bonchev–Trinajstić information content (AvgIpc) is 3.86. The molecule has 12 rings (SSSR count). The highest BCUT2D eigenvalue weighted by molar-refractivity contribution is 6.28. The van der Waals surface area contributed by atoms with Crippen LogP contribution < -0.4 is 0 Å². The van der Waals surface area contributed by atoms with Gasteiger partial charge in [-0.1, -0.05) is 152 Å². The summed E-state index contributed by atoms with van der Waals surface area (Å²) in [6.45, 7) is 0. The maximum Gasteiger partial charge on any atom is 0.164 e. The summed E-state index contributed by atoms with van der Waals surface area (Å²) in [4.78, 5) is 20.0. The van der Waals surface area contributed by atoms with Crippen LogP contribution in [-0.2, 0) is 0 Å². The zero-order chi connectivity index (χ0) is 38.2. The number of aromatic nitrogens is 6. The number of rotatable bonds is 5. The molecule has 0 saturated carbocycles. The van der Waals surface area contributed by atoms with Gasteiger partial charge in [0.15, 0.2) is 17.5 Å². The minimum absolute atomic E-state index is 0.636. The van der Waals surface area contributed by atoms with Crippen molar-refractivity contribution in [1.29, 1.82) is 0 Å². The fourth-order valence-electron chi connectivity index (χ4n) is 8.69. The third kappa shape index (κ3) is 4.98. The number of pyridine rings is 1. The van der Waals surface area contributed by atoms with Crippen molar-refractivity contribution in [1.82, 2.24) is 28.9 Å². The number of hydrogen-bond donors (Lipinski definition) is 0. The average molecular weight is 741 g/mol. The Labute approximate surface area is 333 Å². The van der Waals surface area contributed by atoms with Crippen LogP contribution in [-0.4, -0.2) is 28.9 Å². The van der Waals surface area contributed by atoms with Crippen molar-refractivity contribution >= 4 is 60.2 Å². The fraction of sp³-hybridized carbons (Fsp3) is 0. The molecule has 8 aromatic carbocycles. The van der Waals surface area contributed by atoms with Crippen LogP contribution >= 0.6 is 0 Å². The summed E-state index contributed by atoms with van der Waals surface area (Å²) in [5.41, 5.74) is 12.7. The van der Waals surface area contributed by atoms with E-state index in [0.29, 0.717) is 17.5 Å². The molecule has 0 fully saturated rings. The lowest BCUT2D eigenvalue weighted by Crippen LogP contribution is -2.00. The summed E-state index contributed by atoms with van der Waals surface area (Å²) in [5.74, 6) is 1.93. The number of nitrogens with zero attached hydrogens (tertiary/aromatic N) is 6. The van der Waals surface area contributed by atoms with E-state index >= 15 is 0 Å². The first-order chi connectivity index (χ1) is 28.8. The molecule has 0 aliphatic heterocycles. The molecule has 4 aromatic heterocycles. The van der Waals surface area contributed by atoms with E-state index in [1.54, 1.807) is 0 Å². The molecule has 0 aliphatic rings. The number of benzene rings is 8. The van der Waals surface area contributed by atoms with Gasteiger partial charge >= 0.3 is 0 Å². The summed E-state index contributed by atoms with van der Waals surface area (Å²) in [6, 6.07) is 68.0. The minimum atomic E-state index is 0.636. The third-order valence-electron chi connectivity index (χ3n) is 11.3. The van der Waals surface area contributed by atoms with Crippen molar-refractivity contribution in [3.05, 3.63) is 194 Å². The first kappa shape index (κ1) is 32.3. The summed E-state index contributed by atoms with van der Waals surface area (Å²) >= 11 is 0. The predicted molar refractivity (Wildman–Crippen MR) is 237 cm³/mol. The summed E-state index contributed by atoms with van der Waals surface area (Å²) in [6.07, 6.45) is 0. The highest BCUT2D eigenvalue weighted by atomic mass is 15.0. The first-order valence-electron chi connectivity index (χ1n) is 19.5. The zero-order valence-electron chi connectivity index (χ0n) is 31.2. The molecule has 58 heavy (non-hydrogen) atoms. The minimum Gasteiger partial charge on any atom is -0.309 e. The molecule has 0 unspecified atom stereocenters. The predicted octanol–water partition coefficient (Wildman–Crippen LogP) is 12.7. The molecule has 6 nitrogen and oxygen atoms in total. The largest absolute Gasteiger partial charge is 0.309 e. The number of para-hydroxylation sites is 4. The van der Waals surface area contributed by atoms with E-state index in [0.717, 1.165) is 66.6 Å². The van der Waals surface area contributed by atoms with Crippen LogP contribution in [0.15, 0.2) is 194 Å². The highest BCUT2D eigenvalue weighted by Crippen LogP contribution is 2.42. The molecule has 0 spiro atoms. The number of fused-ring (bicyclic) bond motifs is 12. The maximum atomic E-state index is 5.22. The van der Waals surface area contributed by atoms with E-state index < -0.39 is 0 Å². The Morgan fingerprint density at radius 1 is 0.328 bits per heavy atom. The van der Waals surface area contributed by atoms with Crippen molar-refractivity contribution < 1.29 is 0 Å². The molecule has 270 valence electrons. The zero-order valence-corrected chi connectivity index (χ0v) is 31.2. The van der Waals surface area contributed by atoms with E-state index in [1.165, 1.54) is 27.1 Å². The smallest absolute Gasteiger partial charge is 0.164 e. The summed E-state index contributed by atoms with van der Waals surface area (Å²) in [7, 11) is 0.